The number of nitrogens with zero attached hydrogens (tertiary/aromatic N) is 5. The first kappa shape index (κ1) is 16.8. The molecular weight excluding hydrogens is 330 g/mol. The molecule has 2 saturated heterocycles. The molecule has 2 aromatic rings. The zero-order valence-electron chi connectivity index (χ0n) is 14.8. The van der Waals surface area contributed by atoms with Crippen molar-refractivity contribution in [1.29, 1.82) is 0 Å². The molecule has 0 spiro atoms. The lowest BCUT2D eigenvalue weighted by atomic mass is 10.2. The molecule has 0 radical (unpaired) electrons. The molecule has 1 aromatic carbocycles. The van der Waals surface area contributed by atoms with Crippen LogP contribution in [0.1, 0.15) is 0 Å². The van der Waals surface area contributed by atoms with Crippen LogP contribution < -0.4 is 9.80 Å². The highest BCUT2D eigenvalue weighted by Crippen LogP contribution is 2.25. The fourth-order valence-corrected chi connectivity index (χ4v) is 3.31. The van der Waals surface area contributed by atoms with Gasteiger partial charge in [-0.25, -0.2) is 9.97 Å². The SMILES string of the molecule is O=CN1CCN(c2cc(N3CCOCC3)nc(-c3ccccc3)n2)CC1. The number of carbonyl (C=O) groups is 1. The Hall–Kier alpha value is -2.67. The number of morpholine rings is 1. The first-order chi connectivity index (χ1) is 12.8. The van der Waals surface area contributed by atoms with Gasteiger partial charge in [0.1, 0.15) is 11.6 Å². The number of aromatic nitrogens is 2. The topological polar surface area (TPSA) is 61.8 Å². The van der Waals surface area contributed by atoms with Crippen molar-refractivity contribution in [3.63, 3.8) is 0 Å². The second-order valence-electron chi connectivity index (χ2n) is 6.50. The van der Waals surface area contributed by atoms with Crippen molar-refractivity contribution in [1.82, 2.24) is 14.9 Å². The summed E-state index contributed by atoms with van der Waals surface area (Å²) in [5, 5.41) is 0. The molecule has 0 aliphatic carbocycles. The van der Waals surface area contributed by atoms with Crippen molar-refractivity contribution >= 4 is 18.0 Å². The summed E-state index contributed by atoms with van der Waals surface area (Å²) in [7, 11) is 0. The second-order valence-corrected chi connectivity index (χ2v) is 6.50. The van der Waals surface area contributed by atoms with Crippen molar-refractivity contribution in [3.8, 4) is 11.4 Å². The molecule has 26 heavy (non-hydrogen) atoms. The van der Waals surface area contributed by atoms with Crippen LogP contribution in [0, 0.1) is 0 Å². The Morgan fingerprint density at radius 3 is 2.08 bits per heavy atom. The van der Waals surface area contributed by atoms with Crippen molar-refractivity contribution in [2.24, 2.45) is 0 Å². The third kappa shape index (κ3) is 3.62. The van der Waals surface area contributed by atoms with Crippen LogP contribution in [0.25, 0.3) is 11.4 Å². The Morgan fingerprint density at radius 1 is 0.846 bits per heavy atom. The van der Waals surface area contributed by atoms with Gasteiger partial charge in [0.05, 0.1) is 13.2 Å². The van der Waals surface area contributed by atoms with Gasteiger partial charge >= 0.3 is 0 Å². The van der Waals surface area contributed by atoms with Crippen LogP contribution in [-0.2, 0) is 9.53 Å². The molecule has 2 aliphatic rings. The van der Waals surface area contributed by atoms with Gasteiger partial charge in [0.25, 0.3) is 0 Å². The largest absolute Gasteiger partial charge is 0.378 e. The Labute approximate surface area is 153 Å². The van der Waals surface area contributed by atoms with Gasteiger partial charge in [-0.3, -0.25) is 4.79 Å². The number of rotatable bonds is 4. The van der Waals surface area contributed by atoms with Crippen LogP contribution in [-0.4, -0.2) is 73.8 Å². The summed E-state index contributed by atoms with van der Waals surface area (Å²) in [6.07, 6.45) is 0.922. The maximum atomic E-state index is 11.0. The van der Waals surface area contributed by atoms with E-state index in [-0.39, 0.29) is 0 Å². The van der Waals surface area contributed by atoms with Crippen LogP contribution in [0.2, 0.25) is 0 Å². The van der Waals surface area contributed by atoms with E-state index in [1.165, 1.54) is 0 Å². The predicted octanol–water partition coefficient (Wildman–Crippen LogP) is 1.26. The van der Waals surface area contributed by atoms with E-state index in [2.05, 4.69) is 15.9 Å². The number of amides is 1. The third-order valence-electron chi connectivity index (χ3n) is 4.85. The summed E-state index contributed by atoms with van der Waals surface area (Å²) in [6, 6.07) is 12.1. The standard InChI is InChI=1S/C19H23N5O2/c25-15-22-6-8-23(9-7-22)17-14-18(24-10-12-26-13-11-24)21-19(20-17)16-4-2-1-3-5-16/h1-5,14-15H,6-13H2. The Morgan fingerprint density at radius 2 is 1.46 bits per heavy atom. The quantitative estimate of drug-likeness (QED) is 0.771. The fraction of sp³-hybridized carbons (Fsp3) is 0.421. The molecule has 2 fully saturated rings. The minimum Gasteiger partial charge on any atom is -0.378 e. The Bertz CT molecular complexity index is 741. The lowest BCUT2D eigenvalue weighted by Gasteiger charge is -2.34. The number of carbonyl (C=O) groups excluding carboxylic acids is 1. The molecule has 1 amide bonds. The molecule has 7 nitrogen and oxygen atoms in total. The van der Waals surface area contributed by atoms with Crippen molar-refractivity contribution in [3.05, 3.63) is 36.4 Å². The van der Waals surface area contributed by atoms with Gasteiger partial charge in [-0.05, 0) is 0 Å². The number of benzene rings is 1. The summed E-state index contributed by atoms with van der Waals surface area (Å²) in [6.45, 7) is 6.13. The van der Waals surface area contributed by atoms with Crippen molar-refractivity contribution in [2.45, 2.75) is 0 Å². The molecule has 1 aromatic heterocycles. The van der Waals surface area contributed by atoms with Gasteiger partial charge in [-0.2, -0.15) is 0 Å². The smallest absolute Gasteiger partial charge is 0.209 e. The Balaban J connectivity index is 1.67. The lowest BCUT2D eigenvalue weighted by molar-refractivity contribution is -0.118. The molecule has 2 aliphatic heterocycles. The number of piperazine rings is 1. The molecule has 136 valence electrons. The van der Waals surface area contributed by atoms with Gasteiger partial charge in [0.2, 0.25) is 6.41 Å². The molecule has 0 saturated carbocycles. The van der Waals surface area contributed by atoms with E-state index in [1.807, 2.05) is 30.3 Å². The molecule has 0 N–H and O–H groups in total. The highest BCUT2D eigenvalue weighted by molar-refractivity contribution is 5.62. The maximum absolute atomic E-state index is 11.0. The summed E-state index contributed by atoms with van der Waals surface area (Å²) < 4.78 is 5.47. The Kier molecular flexibility index (Phi) is 4.97. The van der Waals surface area contributed by atoms with Gasteiger partial charge in [0, 0.05) is 50.9 Å². The molecule has 0 bridgehead atoms. The van der Waals surface area contributed by atoms with E-state index >= 15 is 0 Å². The van der Waals surface area contributed by atoms with Crippen LogP contribution >= 0.6 is 0 Å². The van der Waals surface area contributed by atoms with Gasteiger partial charge in [-0.15, -0.1) is 0 Å². The fourth-order valence-electron chi connectivity index (χ4n) is 3.31. The summed E-state index contributed by atoms with van der Waals surface area (Å²) in [5.74, 6) is 2.60. The minimum absolute atomic E-state index is 0.720. The lowest BCUT2D eigenvalue weighted by Crippen LogP contribution is -2.46. The minimum atomic E-state index is 0.720. The van der Waals surface area contributed by atoms with E-state index in [0.29, 0.717) is 0 Å². The van der Waals surface area contributed by atoms with Gasteiger partial charge in [-0.1, -0.05) is 30.3 Å². The zero-order valence-corrected chi connectivity index (χ0v) is 14.8. The van der Waals surface area contributed by atoms with Crippen LogP contribution in [0.4, 0.5) is 11.6 Å². The number of hydrogen-bond donors (Lipinski definition) is 0. The van der Waals surface area contributed by atoms with E-state index in [9.17, 15) is 4.79 Å². The predicted molar refractivity (Wildman–Crippen MR) is 100 cm³/mol. The molecule has 0 unspecified atom stereocenters. The van der Waals surface area contributed by atoms with Gasteiger partial charge in [0.15, 0.2) is 5.82 Å². The molecule has 7 heteroatoms. The highest BCUT2D eigenvalue weighted by atomic mass is 16.5. The number of ether oxygens (including phenoxy) is 1. The average molecular weight is 353 g/mol. The molecule has 0 atom stereocenters. The summed E-state index contributed by atoms with van der Waals surface area (Å²) in [5.41, 5.74) is 1.01. The van der Waals surface area contributed by atoms with Crippen molar-refractivity contribution in [2.75, 3.05) is 62.3 Å². The average Bonchev–Trinajstić information content (AvgIpc) is 2.75. The normalized spacial score (nSPS) is 18.1. The monoisotopic (exact) mass is 353 g/mol. The van der Waals surface area contributed by atoms with Crippen molar-refractivity contribution < 1.29 is 9.53 Å². The first-order valence-electron chi connectivity index (χ1n) is 9.05. The van der Waals surface area contributed by atoms with Crippen LogP contribution in [0.5, 0.6) is 0 Å². The van der Waals surface area contributed by atoms with E-state index in [4.69, 9.17) is 14.7 Å². The number of hydrogen-bond acceptors (Lipinski definition) is 6. The highest BCUT2D eigenvalue weighted by Gasteiger charge is 2.21. The third-order valence-corrected chi connectivity index (χ3v) is 4.85. The zero-order chi connectivity index (χ0) is 17.8. The number of anilines is 2. The maximum Gasteiger partial charge on any atom is 0.209 e. The van der Waals surface area contributed by atoms with Gasteiger partial charge < -0.3 is 19.4 Å². The van der Waals surface area contributed by atoms with Crippen LogP contribution in [0.15, 0.2) is 36.4 Å². The van der Waals surface area contributed by atoms with Crippen LogP contribution in [0.3, 0.4) is 0 Å². The second kappa shape index (κ2) is 7.70. The van der Waals surface area contributed by atoms with E-state index in [0.717, 1.165) is 81.9 Å². The summed E-state index contributed by atoms with van der Waals surface area (Å²) in [4.78, 5) is 26.9. The molecule has 4 rings (SSSR count). The molecular formula is C19H23N5O2. The van der Waals surface area contributed by atoms with E-state index in [1.54, 1.807) is 4.90 Å². The van der Waals surface area contributed by atoms with E-state index < -0.39 is 0 Å². The summed E-state index contributed by atoms with van der Waals surface area (Å²) >= 11 is 0. The first-order valence-corrected chi connectivity index (χ1v) is 9.05. The molecule has 3 heterocycles.